The van der Waals surface area contributed by atoms with E-state index in [1.54, 1.807) is 11.3 Å². The highest BCUT2D eigenvalue weighted by molar-refractivity contribution is 7.07. The third kappa shape index (κ3) is 3.33. The minimum atomic E-state index is 0.716. The Morgan fingerprint density at radius 3 is 2.95 bits per heavy atom. The lowest BCUT2D eigenvalue weighted by Crippen LogP contribution is -2.22. The van der Waals surface area contributed by atoms with Gasteiger partial charge in [-0.15, -0.1) is 0 Å². The van der Waals surface area contributed by atoms with Crippen LogP contribution in [0.1, 0.15) is 11.1 Å². The summed E-state index contributed by atoms with van der Waals surface area (Å²) in [5.74, 6) is 0. The highest BCUT2D eigenvalue weighted by Crippen LogP contribution is 2.17. The second-order valence-electron chi connectivity index (χ2n) is 5.03. The number of nitriles is 1. The predicted octanol–water partition coefficient (Wildman–Crippen LogP) is 3.41. The first-order chi connectivity index (χ1) is 10.4. The van der Waals surface area contributed by atoms with Crippen molar-refractivity contribution >= 4 is 22.2 Å². The van der Waals surface area contributed by atoms with E-state index in [0.717, 1.165) is 31.6 Å². The molecular weight excluding hydrogens is 278 g/mol. The van der Waals surface area contributed by atoms with Crippen LogP contribution in [0.3, 0.4) is 0 Å². The van der Waals surface area contributed by atoms with Crippen LogP contribution in [0.4, 0.5) is 0 Å². The Labute approximate surface area is 128 Å². The Bertz CT molecular complexity index is 750. The molecule has 0 aliphatic carbocycles. The molecule has 3 aromatic rings. The molecule has 0 fully saturated rings. The first kappa shape index (κ1) is 13.9. The van der Waals surface area contributed by atoms with Crippen molar-refractivity contribution in [2.45, 2.75) is 13.0 Å². The molecule has 106 valence electrons. The first-order valence-corrected chi connectivity index (χ1v) is 8.02. The fourth-order valence-electron chi connectivity index (χ4n) is 2.44. The molecule has 0 aliphatic heterocycles. The van der Waals surface area contributed by atoms with Gasteiger partial charge in [0.05, 0.1) is 11.6 Å². The molecule has 2 aromatic heterocycles. The largest absolute Gasteiger partial charge is 0.346 e. The zero-order valence-corrected chi connectivity index (χ0v) is 12.6. The van der Waals surface area contributed by atoms with Crippen molar-refractivity contribution in [3.8, 4) is 6.07 Å². The molecule has 4 heteroatoms. The fraction of sp³-hybridized carbons (Fsp3) is 0.235. The summed E-state index contributed by atoms with van der Waals surface area (Å²) in [4.78, 5) is 0. The molecular formula is C17H17N3S. The van der Waals surface area contributed by atoms with Crippen LogP contribution in [0, 0.1) is 11.3 Å². The van der Waals surface area contributed by atoms with Crippen LogP contribution in [0.2, 0.25) is 0 Å². The van der Waals surface area contributed by atoms with Crippen LogP contribution in [-0.2, 0) is 13.0 Å². The smallest absolute Gasteiger partial charge is 0.0992 e. The molecule has 0 saturated carbocycles. The summed E-state index contributed by atoms with van der Waals surface area (Å²) in [5, 5.41) is 18.0. The standard InChI is InChI=1S/C17H17N3S/c18-12-15-1-2-16-4-8-20(17(16)11-15)9-7-19-6-3-14-5-10-21-13-14/h1-2,4-5,8,10-11,13,19H,3,6-7,9H2. The highest BCUT2D eigenvalue weighted by Gasteiger charge is 2.02. The number of rotatable bonds is 6. The lowest BCUT2D eigenvalue weighted by Gasteiger charge is -2.07. The third-order valence-electron chi connectivity index (χ3n) is 3.60. The van der Waals surface area contributed by atoms with E-state index in [4.69, 9.17) is 5.26 Å². The van der Waals surface area contributed by atoms with Gasteiger partial charge in [0.1, 0.15) is 0 Å². The Morgan fingerprint density at radius 1 is 1.19 bits per heavy atom. The topological polar surface area (TPSA) is 40.8 Å². The minimum Gasteiger partial charge on any atom is -0.346 e. The van der Waals surface area contributed by atoms with Crippen LogP contribution >= 0.6 is 11.3 Å². The average Bonchev–Trinajstić information content (AvgIpc) is 3.16. The SMILES string of the molecule is N#Cc1ccc2ccn(CCNCCc3ccsc3)c2c1. The number of aromatic nitrogens is 1. The van der Waals surface area contributed by atoms with E-state index in [2.05, 4.69) is 45.0 Å². The molecule has 0 aliphatic rings. The molecule has 21 heavy (non-hydrogen) atoms. The molecule has 0 amide bonds. The van der Waals surface area contributed by atoms with Crippen molar-refractivity contribution in [3.63, 3.8) is 0 Å². The molecule has 0 bridgehead atoms. The molecule has 0 saturated heterocycles. The molecule has 0 spiro atoms. The van der Waals surface area contributed by atoms with E-state index in [-0.39, 0.29) is 0 Å². The molecule has 3 rings (SSSR count). The number of fused-ring (bicyclic) bond motifs is 1. The zero-order valence-electron chi connectivity index (χ0n) is 11.7. The molecule has 3 nitrogen and oxygen atoms in total. The van der Waals surface area contributed by atoms with Gasteiger partial charge in [0.2, 0.25) is 0 Å². The fourth-order valence-corrected chi connectivity index (χ4v) is 3.14. The number of thiophene rings is 1. The van der Waals surface area contributed by atoms with Crippen LogP contribution in [-0.4, -0.2) is 17.7 Å². The highest BCUT2D eigenvalue weighted by atomic mass is 32.1. The molecule has 0 atom stereocenters. The van der Waals surface area contributed by atoms with Gasteiger partial charge in [-0.25, -0.2) is 0 Å². The van der Waals surface area contributed by atoms with Crippen LogP contribution < -0.4 is 5.32 Å². The van der Waals surface area contributed by atoms with Crippen LogP contribution in [0.15, 0.2) is 47.3 Å². The third-order valence-corrected chi connectivity index (χ3v) is 4.34. The van der Waals surface area contributed by atoms with Crippen molar-refractivity contribution in [2.24, 2.45) is 0 Å². The van der Waals surface area contributed by atoms with Gasteiger partial charge in [-0.05, 0) is 58.9 Å². The number of nitrogens with one attached hydrogen (secondary N) is 1. The minimum absolute atomic E-state index is 0.716. The summed E-state index contributed by atoms with van der Waals surface area (Å²) in [6.07, 6.45) is 3.17. The molecule has 0 unspecified atom stereocenters. The van der Waals surface area contributed by atoms with E-state index in [1.165, 1.54) is 10.9 Å². The van der Waals surface area contributed by atoms with Gasteiger partial charge >= 0.3 is 0 Å². The second kappa shape index (κ2) is 6.57. The van der Waals surface area contributed by atoms with E-state index < -0.39 is 0 Å². The molecule has 1 aromatic carbocycles. The quantitative estimate of drug-likeness (QED) is 0.708. The Kier molecular flexibility index (Phi) is 4.34. The summed E-state index contributed by atoms with van der Waals surface area (Å²) >= 11 is 1.75. The van der Waals surface area contributed by atoms with Gasteiger partial charge in [-0.2, -0.15) is 16.6 Å². The maximum Gasteiger partial charge on any atom is 0.0992 e. The van der Waals surface area contributed by atoms with Gasteiger partial charge in [-0.3, -0.25) is 0 Å². The molecule has 1 N–H and O–H groups in total. The van der Waals surface area contributed by atoms with Gasteiger partial charge in [-0.1, -0.05) is 6.07 Å². The van der Waals surface area contributed by atoms with E-state index in [1.807, 2.05) is 18.2 Å². The van der Waals surface area contributed by atoms with Crippen molar-refractivity contribution in [3.05, 3.63) is 58.4 Å². The van der Waals surface area contributed by atoms with Gasteiger partial charge in [0.15, 0.2) is 0 Å². The summed E-state index contributed by atoms with van der Waals surface area (Å²) in [7, 11) is 0. The average molecular weight is 295 g/mol. The predicted molar refractivity (Wildman–Crippen MR) is 87.5 cm³/mol. The monoisotopic (exact) mass is 295 g/mol. The number of benzene rings is 1. The van der Waals surface area contributed by atoms with Crippen molar-refractivity contribution in [2.75, 3.05) is 13.1 Å². The Hall–Kier alpha value is -2.09. The summed E-state index contributed by atoms with van der Waals surface area (Å²) < 4.78 is 2.20. The van der Waals surface area contributed by atoms with Crippen LogP contribution in [0.25, 0.3) is 10.9 Å². The van der Waals surface area contributed by atoms with Gasteiger partial charge in [0.25, 0.3) is 0 Å². The number of hydrogen-bond acceptors (Lipinski definition) is 3. The summed E-state index contributed by atoms with van der Waals surface area (Å²) in [6, 6.07) is 12.3. The first-order valence-electron chi connectivity index (χ1n) is 7.07. The lowest BCUT2D eigenvalue weighted by molar-refractivity contribution is 0.610. The summed E-state index contributed by atoms with van der Waals surface area (Å²) in [6.45, 7) is 2.85. The van der Waals surface area contributed by atoms with E-state index in [0.29, 0.717) is 5.56 Å². The van der Waals surface area contributed by atoms with Gasteiger partial charge in [0, 0.05) is 24.8 Å². The van der Waals surface area contributed by atoms with Crippen molar-refractivity contribution < 1.29 is 0 Å². The maximum absolute atomic E-state index is 8.99. The van der Waals surface area contributed by atoms with Crippen LogP contribution in [0.5, 0.6) is 0 Å². The molecule has 0 radical (unpaired) electrons. The number of hydrogen-bond donors (Lipinski definition) is 1. The van der Waals surface area contributed by atoms with E-state index >= 15 is 0 Å². The van der Waals surface area contributed by atoms with E-state index in [9.17, 15) is 0 Å². The maximum atomic E-state index is 8.99. The van der Waals surface area contributed by atoms with Crippen molar-refractivity contribution in [1.82, 2.24) is 9.88 Å². The normalized spacial score (nSPS) is 10.8. The Morgan fingerprint density at radius 2 is 2.14 bits per heavy atom. The zero-order chi connectivity index (χ0) is 14.5. The number of nitrogens with zero attached hydrogens (tertiary/aromatic N) is 2. The molecule has 2 heterocycles. The lowest BCUT2D eigenvalue weighted by atomic mass is 10.2. The second-order valence-corrected chi connectivity index (χ2v) is 5.81. The van der Waals surface area contributed by atoms with Crippen molar-refractivity contribution in [1.29, 1.82) is 5.26 Å². The summed E-state index contributed by atoms with van der Waals surface area (Å²) in [5.41, 5.74) is 3.25. The van der Waals surface area contributed by atoms with Gasteiger partial charge < -0.3 is 9.88 Å². The Balaban J connectivity index is 1.54.